The second-order valence-corrected chi connectivity index (χ2v) is 6.25. The third-order valence-corrected chi connectivity index (χ3v) is 3.42. The molecule has 1 fully saturated rings. The molecule has 1 N–H and O–H groups in total. The fraction of sp³-hybridized carbons (Fsp3) is 0.500. The van der Waals surface area contributed by atoms with E-state index in [0.717, 1.165) is 12.0 Å². The maximum Gasteiger partial charge on any atom is 0.410 e. The number of hydrogen-bond donors (Lipinski definition) is 1. The molecule has 5 nitrogen and oxygen atoms in total. The van der Waals surface area contributed by atoms with E-state index in [4.69, 9.17) is 4.74 Å². The van der Waals surface area contributed by atoms with Crippen molar-refractivity contribution < 1.29 is 14.7 Å². The van der Waals surface area contributed by atoms with Crippen molar-refractivity contribution in [2.24, 2.45) is 5.16 Å². The number of amides is 1. The molecule has 5 heteroatoms. The predicted molar refractivity (Wildman–Crippen MR) is 80.8 cm³/mol. The van der Waals surface area contributed by atoms with Gasteiger partial charge in [-0.05, 0) is 32.8 Å². The Morgan fingerprint density at radius 2 is 2.00 bits per heavy atom. The Hall–Kier alpha value is -2.04. The number of nitrogens with zero attached hydrogens (tertiary/aromatic N) is 2. The van der Waals surface area contributed by atoms with Crippen molar-refractivity contribution in [2.45, 2.75) is 38.7 Å². The first kappa shape index (κ1) is 15.4. The molecular formula is C16H22N2O3. The summed E-state index contributed by atoms with van der Waals surface area (Å²) in [7, 11) is 0. The molecule has 114 valence electrons. The smallest absolute Gasteiger partial charge is 0.410 e. The minimum Gasteiger partial charge on any atom is -0.444 e. The highest BCUT2D eigenvalue weighted by Crippen LogP contribution is 2.27. The second kappa shape index (κ2) is 6.16. The van der Waals surface area contributed by atoms with E-state index < -0.39 is 5.60 Å². The molecule has 0 unspecified atom stereocenters. The van der Waals surface area contributed by atoms with Crippen LogP contribution in [-0.2, 0) is 4.74 Å². The van der Waals surface area contributed by atoms with Crippen LogP contribution in [0.15, 0.2) is 35.5 Å². The Labute approximate surface area is 125 Å². The molecule has 1 heterocycles. The van der Waals surface area contributed by atoms with Gasteiger partial charge in [0.05, 0.1) is 12.3 Å². The van der Waals surface area contributed by atoms with Crippen LogP contribution in [0.25, 0.3) is 0 Å². The number of piperidine rings is 1. The Morgan fingerprint density at radius 3 is 2.57 bits per heavy atom. The van der Waals surface area contributed by atoms with Gasteiger partial charge in [-0.15, -0.1) is 0 Å². The number of carbonyl (C=O) groups excluding carboxylic acids is 1. The van der Waals surface area contributed by atoms with Gasteiger partial charge in [-0.1, -0.05) is 35.5 Å². The normalized spacial score (nSPS) is 21.4. The number of likely N-dealkylation sites (tertiary alicyclic amines) is 1. The Bertz CT molecular complexity index is 520. The standard InChI is InChI=1S/C16H22N2O3/c1-16(2,3)21-15(19)18-10-9-13(14(11-18)17-20)12-7-5-4-6-8-12/h4-8,13,20H,9-11H2,1-3H3/b17-14-/t13-/m0/s1. The maximum atomic E-state index is 12.1. The van der Waals surface area contributed by atoms with Gasteiger partial charge in [0, 0.05) is 12.5 Å². The number of rotatable bonds is 1. The zero-order chi connectivity index (χ0) is 15.5. The van der Waals surface area contributed by atoms with E-state index >= 15 is 0 Å². The summed E-state index contributed by atoms with van der Waals surface area (Å²) in [4.78, 5) is 13.7. The lowest BCUT2D eigenvalue weighted by Gasteiger charge is -2.34. The van der Waals surface area contributed by atoms with Gasteiger partial charge < -0.3 is 14.8 Å². The molecule has 1 aliphatic heterocycles. The summed E-state index contributed by atoms with van der Waals surface area (Å²) in [5.74, 6) is 0.0508. The van der Waals surface area contributed by atoms with Crippen LogP contribution in [0.4, 0.5) is 4.79 Å². The quantitative estimate of drug-likeness (QED) is 0.638. The minimum absolute atomic E-state index is 0.0508. The summed E-state index contributed by atoms with van der Waals surface area (Å²) < 4.78 is 5.36. The van der Waals surface area contributed by atoms with E-state index in [1.165, 1.54) is 0 Å². The van der Waals surface area contributed by atoms with Gasteiger partial charge in [-0.3, -0.25) is 0 Å². The van der Waals surface area contributed by atoms with Gasteiger partial charge in [0.1, 0.15) is 5.60 Å². The molecule has 0 aromatic heterocycles. The lowest BCUT2D eigenvalue weighted by molar-refractivity contribution is 0.0261. The molecule has 0 spiro atoms. The SMILES string of the molecule is CC(C)(C)OC(=O)N1CC[C@@H](c2ccccc2)/C(=N\O)C1. The lowest BCUT2D eigenvalue weighted by atomic mass is 9.88. The Kier molecular flexibility index (Phi) is 4.50. The van der Waals surface area contributed by atoms with Crippen molar-refractivity contribution in [1.29, 1.82) is 0 Å². The summed E-state index contributed by atoms with van der Waals surface area (Å²) >= 11 is 0. The van der Waals surface area contributed by atoms with Crippen molar-refractivity contribution in [1.82, 2.24) is 4.90 Å². The zero-order valence-electron chi connectivity index (χ0n) is 12.7. The molecule has 1 aliphatic rings. The van der Waals surface area contributed by atoms with E-state index in [2.05, 4.69) is 5.16 Å². The summed E-state index contributed by atoms with van der Waals surface area (Å²) in [6, 6.07) is 9.90. The van der Waals surface area contributed by atoms with E-state index in [9.17, 15) is 10.0 Å². The van der Waals surface area contributed by atoms with Gasteiger partial charge in [-0.25, -0.2) is 4.79 Å². The monoisotopic (exact) mass is 290 g/mol. The van der Waals surface area contributed by atoms with Crippen molar-refractivity contribution in [3.63, 3.8) is 0 Å². The van der Waals surface area contributed by atoms with Crippen LogP contribution in [0, 0.1) is 0 Å². The maximum absolute atomic E-state index is 12.1. The molecule has 1 aromatic carbocycles. The van der Waals surface area contributed by atoms with E-state index in [0.29, 0.717) is 18.8 Å². The Morgan fingerprint density at radius 1 is 1.33 bits per heavy atom. The molecule has 21 heavy (non-hydrogen) atoms. The summed E-state index contributed by atoms with van der Waals surface area (Å²) in [6.45, 7) is 6.40. The molecule has 1 atom stereocenters. The average molecular weight is 290 g/mol. The summed E-state index contributed by atoms with van der Waals surface area (Å²) in [5.41, 5.74) is 1.18. The van der Waals surface area contributed by atoms with Gasteiger partial charge in [0.25, 0.3) is 0 Å². The van der Waals surface area contributed by atoms with E-state index in [1.807, 2.05) is 51.1 Å². The molecule has 1 aromatic rings. The van der Waals surface area contributed by atoms with Crippen molar-refractivity contribution in [3.05, 3.63) is 35.9 Å². The van der Waals surface area contributed by atoms with Crippen molar-refractivity contribution in [3.8, 4) is 0 Å². The molecular weight excluding hydrogens is 268 g/mol. The average Bonchev–Trinajstić information content (AvgIpc) is 2.45. The molecule has 1 saturated heterocycles. The van der Waals surface area contributed by atoms with Crippen LogP contribution in [0.3, 0.4) is 0 Å². The zero-order valence-corrected chi connectivity index (χ0v) is 12.7. The van der Waals surface area contributed by atoms with Gasteiger partial charge >= 0.3 is 6.09 Å². The number of benzene rings is 1. The van der Waals surface area contributed by atoms with Gasteiger partial charge in [0.2, 0.25) is 0 Å². The number of carbonyl (C=O) groups is 1. The molecule has 2 rings (SSSR count). The largest absolute Gasteiger partial charge is 0.444 e. The summed E-state index contributed by atoms with van der Waals surface area (Å²) in [6.07, 6.45) is 0.359. The predicted octanol–water partition coefficient (Wildman–Crippen LogP) is 3.24. The number of hydrogen-bond acceptors (Lipinski definition) is 4. The molecule has 0 saturated carbocycles. The van der Waals surface area contributed by atoms with Crippen LogP contribution in [-0.4, -0.2) is 40.6 Å². The van der Waals surface area contributed by atoms with Crippen LogP contribution in [0.1, 0.15) is 38.7 Å². The molecule has 0 bridgehead atoms. The molecule has 1 amide bonds. The minimum atomic E-state index is -0.524. The second-order valence-electron chi connectivity index (χ2n) is 6.25. The first-order valence-corrected chi connectivity index (χ1v) is 7.14. The van der Waals surface area contributed by atoms with Crippen LogP contribution in [0.2, 0.25) is 0 Å². The van der Waals surface area contributed by atoms with Gasteiger partial charge in [0.15, 0.2) is 0 Å². The first-order chi connectivity index (χ1) is 9.90. The van der Waals surface area contributed by atoms with Gasteiger partial charge in [-0.2, -0.15) is 0 Å². The Balaban J connectivity index is 2.07. The van der Waals surface area contributed by atoms with Crippen LogP contribution >= 0.6 is 0 Å². The van der Waals surface area contributed by atoms with Crippen LogP contribution in [0.5, 0.6) is 0 Å². The molecule has 0 aliphatic carbocycles. The highest BCUT2D eigenvalue weighted by molar-refractivity contribution is 5.95. The number of ether oxygens (including phenoxy) is 1. The highest BCUT2D eigenvalue weighted by Gasteiger charge is 2.31. The molecule has 0 radical (unpaired) electrons. The third-order valence-electron chi connectivity index (χ3n) is 3.42. The fourth-order valence-electron chi connectivity index (χ4n) is 2.46. The lowest BCUT2D eigenvalue weighted by Crippen LogP contribution is -2.45. The first-order valence-electron chi connectivity index (χ1n) is 7.14. The summed E-state index contributed by atoms with van der Waals surface area (Å²) in [5, 5.41) is 12.7. The topological polar surface area (TPSA) is 62.1 Å². The number of oxime groups is 1. The fourth-order valence-corrected chi connectivity index (χ4v) is 2.46. The van der Waals surface area contributed by atoms with Crippen LogP contribution < -0.4 is 0 Å². The van der Waals surface area contributed by atoms with E-state index in [-0.39, 0.29) is 12.0 Å². The van der Waals surface area contributed by atoms with Crippen molar-refractivity contribution >= 4 is 11.8 Å². The van der Waals surface area contributed by atoms with Crippen molar-refractivity contribution in [2.75, 3.05) is 13.1 Å². The highest BCUT2D eigenvalue weighted by atomic mass is 16.6. The van der Waals surface area contributed by atoms with E-state index in [1.54, 1.807) is 4.90 Å². The third kappa shape index (κ3) is 3.97.